The van der Waals surface area contributed by atoms with Gasteiger partial charge in [-0.15, -0.1) is 0 Å². The first kappa shape index (κ1) is 19.1. The molecule has 7 heteroatoms. The SMILES string of the molecule is CC(C)(C)OC(=O)N1CCCC[C@@H]1[C@](O)(CN=[N+]=[N-])c1ccccc1. The maximum atomic E-state index is 12.7. The Balaban J connectivity index is 2.38. The molecule has 1 aliphatic rings. The fraction of sp³-hybridized carbons (Fsp3) is 0.611. The van der Waals surface area contributed by atoms with Crippen LogP contribution in [0.3, 0.4) is 0 Å². The van der Waals surface area contributed by atoms with Crippen LogP contribution in [0.2, 0.25) is 0 Å². The number of carbonyl (C=O) groups excluding carboxylic acids is 1. The summed E-state index contributed by atoms with van der Waals surface area (Å²) in [5.41, 5.74) is 7.30. The Morgan fingerprint density at radius 3 is 2.64 bits per heavy atom. The maximum absolute atomic E-state index is 12.7. The third-order valence-corrected chi connectivity index (χ3v) is 4.33. The van der Waals surface area contributed by atoms with Crippen LogP contribution < -0.4 is 0 Å². The van der Waals surface area contributed by atoms with Crippen LogP contribution in [0.4, 0.5) is 4.79 Å². The maximum Gasteiger partial charge on any atom is 0.410 e. The summed E-state index contributed by atoms with van der Waals surface area (Å²) in [7, 11) is 0. The molecule has 0 aliphatic carbocycles. The Bertz CT molecular complexity index is 637. The van der Waals surface area contributed by atoms with Crippen molar-refractivity contribution in [3.8, 4) is 0 Å². The Morgan fingerprint density at radius 1 is 1.36 bits per heavy atom. The quantitative estimate of drug-likeness (QED) is 0.507. The van der Waals surface area contributed by atoms with Crippen molar-refractivity contribution in [2.75, 3.05) is 13.1 Å². The highest BCUT2D eigenvalue weighted by atomic mass is 16.6. The second-order valence-corrected chi connectivity index (χ2v) is 7.36. The highest BCUT2D eigenvalue weighted by molar-refractivity contribution is 5.69. The topological polar surface area (TPSA) is 98.5 Å². The molecule has 0 radical (unpaired) electrons. The molecule has 0 aromatic heterocycles. The molecule has 1 heterocycles. The second kappa shape index (κ2) is 7.76. The highest BCUT2D eigenvalue weighted by Crippen LogP contribution is 2.35. The zero-order chi connectivity index (χ0) is 18.5. The van der Waals surface area contributed by atoms with Crippen molar-refractivity contribution in [1.82, 2.24) is 4.90 Å². The Kier molecular flexibility index (Phi) is 5.93. The Labute approximate surface area is 148 Å². The molecule has 0 unspecified atom stereocenters. The molecule has 2 atom stereocenters. The van der Waals surface area contributed by atoms with E-state index in [1.807, 2.05) is 39.0 Å². The van der Waals surface area contributed by atoms with Crippen LogP contribution in [0.15, 0.2) is 35.4 Å². The van der Waals surface area contributed by atoms with Crippen LogP contribution in [-0.4, -0.2) is 40.8 Å². The normalized spacial score (nSPS) is 20.3. The zero-order valence-electron chi connectivity index (χ0n) is 15.1. The van der Waals surface area contributed by atoms with E-state index in [1.165, 1.54) is 0 Å². The minimum Gasteiger partial charge on any atom is -0.444 e. The number of ether oxygens (including phenoxy) is 1. The lowest BCUT2D eigenvalue weighted by molar-refractivity contribution is -0.0677. The predicted octanol–water partition coefficient (Wildman–Crippen LogP) is 3.97. The summed E-state index contributed by atoms with van der Waals surface area (Å²) in [5.74, 6) is 0. The number of azide groups is 1. The summed E-state index contributed by atoms with van der Waals surface area (Å²) in [4.78, 5) is 17.0. The fourth-order valence-electron chi connectivity index (χ4n) is 3.22. The van der Waals surface area contributed by atoms with Crippen LogP contribution in [0, 0.1) is 0 Å². The lowest BCUT2D eigenvalue weighted by Crippen LogP contribution is -2.57. The number of hydrogen-bond donors (Lipinski definition) is 1. The van der Waals surface area contributed by atoms with Crippen molar-refractivity contribution in [2.45, 2.75) is 57.3 Å². The lowest BCUT2D eigenvalue weighted by Gasteiger charge is -2.45. The number of aliphatic hydroxyl groups is 1. The van der Waals surface area contributed by atoms with Crippen LogP contribution in [0.25, 0.3) is 10.4 Å². The van der Waals surface area contributed by atoms with Gasteiger partial charge in [0.25, 0.3) is 0 Å². The van der Waals surface area contributed by atoms with Crippen LogP contribution in [0.5, 0.6) is 0 Å². The minimum atomic E-state index is -1.45. The van der Waals surface area contributed by atoms with Crippen LogP contribution >= 0.6 is 0 Å². The fourth-order valence-corrected chi connectivity index (χ4v) is 3.22. The summed E-state index contributed by atoms with van der Waals surface area (Å²) in [6.45, 7) is 5.80. The molecule has 1 aromatic rings. The molecule has 136 valence electrons. The Morgan fingerprint density at radius 2 is 2.04 bits per heavy atom. The number of amides is 1. The number of carbonyl (C=O) groups is 1. The smallest absolute Gasteiger partial charge is 0.410 e. The third-order valence-electron chi connectivity index (χ3n) is 4.33. The third kappa shape index (κ3) is 4.65. The van der Waals surface area contributed by atoms with Gasteiger partial charge >= 0.3 is 6.09 Å². The van der Waals surface area contributed by atoms with Crippen molar-refractivity contribution < 1.29 is 14.6 Å². The molecule has 1 aromatic carbocycles. The van der Waals surface area contributed by atoms with Crippen molar-refractivity contribution in [3.05, 3.63) is 46.3 Å². The molecule has 7 nitrogen and oxygen atoms in total. The number of piperidine rings is 1. The molecule has 25 heavy (non-hydrogen) atoms. The summed E-state index contributed by atoms with van der Waals surface area (Å²) in [6, 6.07) is 8.55. The summed E-state index contributed by atoms with van der Waals surface area (Å²) in [6.07, 6.45) is 1.90. The van der Waals surface area contributed by atoms with Crippen molar-refractivity contribution in [2.24, 2.45) is 5.11 Å². The number of benzene rings is 1. The van der Waals surface area contributed by atoms with E-state index in [1.54, 1.807) is 17.0 Å². The van der Waals surface area contributed by atoms with Gasteiger partial charge in [0, 0.05) is 11.5 Å². The van der Waals surface area contributed by atoms with Crippen molar-refractivity contribution in [3.63, 3.8) is 0 Å². The van der Waals surface area contributed by atoms with Gasteiger partial charge in [-0.3, -0.25) is 0 Å². The van der Waals surface area contributed by atoms with Gasteiger partial charge in [-0.05, 0) is 51.1 Å². The average molecular weight is 346 g/mol. The molecule has 0 saturated carbocycles. The number of nitrogens with zero attached hydrogens (tertiary/aromatic N) is 4. The molecular weight excluding hydrogens is 320 g/mol. The Hall–Kier alpha value is -2.24. The van der Waals surface area contributed by atoms with Crippen molar-refractivity contribution in [1.29, 1.82) is 0 Å². The van der Waals surface area contributed by atoms with Gasteiger partial charge in [0.1, 0.15) is 11.2 Å². The zero-order valence-corrected chi connectivity index (χ0v) is 15.1. The van der Waals surface area contributed by atoms with Crippen LogP contribution in [-0.2, 0) is 10.3 Å². The summed E-state index contributed by atoms with van der Waals surface area (Å²) >= 11 is 0. The summed E-state index contributed by atoms with van der Waals surface area (Å²) < 4.78 is 5.52. The first-order valence-corrected chi connectivity index (χ1v) is 8.56. The van der Waals surface area contributed by atoms with E-state index in [9.17, 15) is 9.90 Å². The van der Waals surface area contributed by atoms with Gasteiger partial charge in [-0.1, -0.05) is 35.4 Å². The average Bonchev–Trinajstić information content (AvgIpc) is 2.59. The van der Waals surface area contributed by atoms with Gasteiger partial charge in [0.2, 0.25) is 0 Å². The highest BCUT2D eigenvalue weighted by Gasteiger charge is 2.45. The van der Waals surface area contributed by atoms with Crippen molar-refractivity contribution >= 4 is 6.09 Å². The van der Waals surface area contributed by atoms with E-state index in [2.05, 4.69) is 10.0 Å². The predicted molar refractivity (Wildman–Crippen MR) is 94.9 cm³/mol. The molecule has 1 N–H and O–H groups in total. The number of rotatable bonds is 4. The molecule has 1 fully saturated rings. The standard InChI is InChI=1S/C18H26N4O3/c1-17(2,3)25-16(23)22-12-8-7-11-15(22)18(24,13-20-21-19)14-9-5-4-6-10-14/h4-6,9-10,15,24H,7-8,11-13H2,1-3H3/t15-,18+/m1/s1. The number of likely N-dealkylation sites (tertiary alicyclic amines) is 1. The second-order valence-electron chi connectivity index (χ2n) is 7.36. The van der Waals surface area contributed by atoms with E-state index < -0.39 is 23.3 Å². The largest absolute Gasteiger partial charge is 0.444 e. The van der Waals surface area contributed by atoms with E-state index >= 15 is 0 Å². The molecule has 1 aliphatic heterocycles. The molecule has 0 bridgehead atoms. The number of hydrogen-bond acceptors (Lipinski definition) is 4. The van der Waals surface area contributed by atoms with Gasteiger partial charge < -0.3 is 14.7 Å². The van der Waals surface area contributed by atoms with Gasteiger partial charge in [-0.25, -0.2) is 4.79 Å². The summed E-state index contributed by atoms with van der Waals surface area (Å²) in [5, 5.41) is 15.1. The van der Waals surface area contributed by atoms with Gasteiger partial charge in [-0.2, -0.15) is 0 Å². The van der Waals surface area contributed by atoms with E-state index in [0.29, 0.717) is 18.5 Å². The monoisotopic (exact) mass is 346 g/mol. The van der Waals surface area contributed by atoms with E-state index in [-0.39, 0.29) is 6.54 Å². The first-order chi connectivity index (χ1) is 11.8. The van der Waals surface area contributed by atoms with E-state index in [4.69, 9.17) is 10.3 Å². The molecule has 0 spiro atoms. The molecule has 1 saturated heterocycles. The first-order valence-electron chi connectivity index (χ1n) is 8.56. The molecular formula is C18H26N4O3. The van der Waals surface area contributed by atoms with Crippen LogP contribution in [0.1, 0.15) is 45.6 Å². The molecule has 1 amide bonds. The minimum absolute atomic E-state index is 0.141. The van der Waals surface area contributed by atoms with Gasteiger partial charge in [0.05, 0.1) is 12.6 Å². The van der Waals surface area contributed by atoms with E-state index in [0.717, 1.165) is 12.8 Å². The lowest BCUT2D eigenvalue weighted by atomic mass is 9.81. The molecule has 2 rings (SSSR count). The van der Waals surface area contributed by atoms with Gasteiger partial charge in [0.15, 0.2) is 0 Å².